The highest BCUT2D eigenvalue weighted by molar-refractivity contribution is 7.75. The molecule has 0 bridgehead atoms. The lowest BCUT2D eigenvalue weighted by Crippen LogP contribution is -1.94. The van der Waals surface area contributed by atoms with Gasteiger partial charge in [0.15, 0.2) is 11.5 Å². The molecule has 0 aliphatic carbocycles. The Bertz CT molecular complexity index is 373. The van der Waals surface area contributed by atoms with Crippen LogP contribution in [0.1, 0.15) is 5.56 Å². The van der Waals surface area contributed by atoms with Crippen LogP contribution < -0.4 is 13.7 Å². The van der Waals surface area contributed by atoms with Crippen molar-refractivity contribution in [3.05, 3.63) is 17.7 Å². The number of nitriles is 1. The second kappa shape index (κ2) is 4.63. The number of benzene rings is 1. The van der Waals surface area contributed by atoms with Crippen LogP contribution in [0, 0.1) is 11.3 Å². The van der Waals surface area contributed by atoms with Gasteiger partial charge in [-0.1, -0.05) is 0 Å². The van der Waals surface area contributed by atoms with Crippen LogP contribution in [-0.2, 0) is 0 Å². The zero-order chi connectivity index (χ0) is 10.6. The number of rotatable bonds is 3. The summed E-state index contributed by atoms with van der Waals surface area (Å²) in [5, 5.41) is 8.82. The molecule has 0 heterocycles. The molecule has 1 aromatic carbocycles. The Labute approximate surface area is 87.6 Å². The van der Waals surface area contributed by atoms with Crippen LogP contribution >= 0.6 is 12.9 Å². The SMILES string of the molecule is COc1cc(OS)cc(C#N)c1OC. The maximum Gasteiger partial charge on any atom is 0.178 e. The average Bonchev–Trinajstić information content (AvgIpc) is 2.26. The summed E-state index contributed by atoms with van der Waals surface area (Å²) in [6.07, 6.45) is 0. The molecule has 0 spiro atoms. The van der Waals surface area contributed by atoms with Gasteiger partial charge in [0, 0.05) is 25.0 Å². The maximum atomic E-state index is 8.82. The number of methoxy groups -OCH3 is 2. The summed E-state index contributed by atoms with van der Waals surface area (Å²) in [5.41, 5.74) is 0.343. The molecular weight excluding hydrogens is 202 g/mol. The molecule has 14 heavy (non-hydrogen) atoms. The first kappa shape index (κ1) is 10.5. The van der Waals surface area contributed by atoms with Gasteiger partial charge in [0.1, 0.15) is 17.4 Å². The van der Waals surface area contributed by atoms with Gasteiger partial charge in [-0.15, -0.1) is 0 Å². The molecule has 0 unspecified atom stereocenters. The summed E-state index contributed by atoms with van der Waals surface area (Å²) in [7, 11) is 2.96. The van der Waals surface area contributed by atoms with Gasteiger partial charge in [0.25, 0.3) is 0 Å². The van der Waals surface area contributed by atoms with Crippen molar-refractivity contribution in [2.24, 2.45) is 0 Å². The molecule has 0 fully saturated rings. The predicted octanol–water partition coefficient (Wildman–Crippen LogP) is 1.80. The molecule has 0 aromatic heterocycles. The highest BCUT2D eigenvalue weighted by atomic mass is 32.1. The number of nitrogens with zero attached hydrogens (tertiary/aromatic N) is 1. The van der Waals surface area contributed by atoms with Gasteiger partial charge in [-0.2, -0.15) is 5.26 Å². The van der Waals surface area contributed by atoms with Crippen LogP contribution in [-0.4, -0.2) is 14.2 Å². The zero-order valence-corrected chi connectivity index (χ0v) is 8.67. The molecule has 0 atom stereocenters. The minimum Gasteiger partial charge on any atom is -0.493 e. The van der Waals surface area contributed by atoms with Gasteiger partial charge in [-0.05, 0) is 0 Å². The molecule has 0 saturated heterocycles. The second-order valence-corrected chi connectivity index (χ2v) is 2.59. The molecule has 0 radical (unpaired) electrons. The fourth-order valence-electron chi connectivity index (χ4n) is 1.07. The Kier molecular flexibility index (Phi) is 3.48. The van der Waals surface area contributed by atoms with E-state index in [0.717, 1.165) is 0 Å². The molecule has 0 aliphatic rings. The largest absolute Gasteiger partial charge is 0.493 e. The molecule has 1 rings (SSSR count). The lowest BCUT2D eigenvalue weighted by Gasteiger charge is -2.09. The Morgan fingerprint density at radius 2 is 2.00 bits per heavy atom. The van der Waals surface area contributed by atoms with Crippen molar-refractivity contribution in [1.82, 2.24) is 0 Å². The van der Waals surface area contributed by atoms with E-state index >= 15 is 0 Å². The van der Waals surface area contributed by atoms with Crippen molar-refractivity contribution < 1.29 is 13.7 Å². The fourth-order valence-corrected chi connectivity index (χ4v) is 1.18. The lowest BCUT2D eigenvalue weighted by molar-refractivity contribution is 0.353. The van der Waals surface area contributed by atoms with Crippen molar-refractivity contribution >= 4 is 12.9 Å². The van der Waals surface area contributed by atoms with Crippen LogP contribution in [0.3, 0.4) is 0 Å². The van der Waals surface area contributed by atoms with E-state index in [4.69, 9.17) is 18.9 Å². The van der Waals surface area contributed by atoms with Gasteiger partial charge in [0.2, 0.25) is 0 Å². The smallest absolute Gasteiger partial charge is 0.178 e. The monoisotopic (exact) mass is 211 g/mol. The van der Waals surface area contributed by atoms with Crippen LogP contribution in [0.2, 0.25) is 0 Å². The standard InChI is InChI=1S/C9H9NO3S/c1-11-8-4-7(13-14)3-6(5-10)9(8)12-2/h3-4,14H,1-2H3. The van der Waals surface area contributed by atoms with Gasteiger partial charge in [-0.25, -0.2) is 0 Å². The third-order valence-electron chi connectivity index (χ3n) is 1.68. The van der Waals surface area contributed by atoms with Crippen molar-refractivity contribution in [3.8, 4) is 23.3 Å². The van der Waals surface area contributed by atoms with E-state index in [-0.39, 0.29) is 0 Å². The predicted molar refractivity (Wildman–Crippen MR) is 53.9 cm³/mol. The fraction of sp³-hybridized carbons (Fsp3) is 0.222. The second-order valence-electron chi connectivity index (χ2n) is 2.41. The minimum absolute atomic E-state index is 0.343. The van der Waals surface area contributed by atoms with Crippen LogP contribution in [0.5, 0.6) is 17.2 Å². The van der Waals surface area contributed by atoms with Crippen LogP contribution in [0.4, 0.5) is 0 Å². The van der Waals surface area contributed by atoms with E-state index in [1.54, 1.807) is 6.07 Å². The number of thiol groups is 1. The summed E-state index contributed by atoms with van der Waals surface area (Å²) in [6, 6.07) is 5.09. The Balaban J connectivity index is 3.34. The molecule has 5 heteroatoms. The third-order valence-corrected chi connectivity index (χ3v) is 1.89. The van der Waals surface area contributed by atoms with Gasteiger partial charge >= 0.3 is 0 Å². The summed E-state index contributed by atoms with van der Waals surface area (Å²) < 4.78 is 14.8. The van der Waals surface area contributed by atoms with Crippen LogP contribution in [0.15, 0.2) is 12.1 Å². The van der Waals surface area contributed by atoms with Crippen molar-refractivity contribution in [2.45, 2.75) is 0 Å². The van der Waals surface area contributed by atoms with E-state index in [2.05, 4.69) is 12.9 Å². The molecule has 0 amide bonds. The topological polar surface area (TPSA) is 51.5 Å². The zero-order valence-electron chi connectivity index (χ0n) is 7.77. The van der Waals surface area contributed by atoms with Crippen molar-refractivity contribution in [2.75, 3.05) is 14.2 Å². The summed E-state index contributed by atoms with van der Waals surface area (Å²) in [6.45, 7) is 0. The molecule has 1 aromatic rings. The summed E-state index contributed by atoms with van der Waals surface area (Å²) in [4.78, 5) is 0. The lowest BCUT2D eigenvalue weighted by atomic mass is 10.2. The third kappa shape index (κ3) is 1.86. The number of hydrogen-bond donors (Lipinski definition) is 1. The first-order valence-electron chi connectivity index (χ1n) is 3.74. The molecule has 0 saturated carbocycles. The molecule has 0 N–H and O–H groups in total. The normalized spacial score (nSPS) is 9.00. The number of hydrogen-bond acceptors (Lipinski definition) is 5. The summed E-state index contributed by atoms with van der Waals surface area (Å²) in [5.74, 6) is 1.27. The van der Waals surface area contributed by atoms with Crippen molar-refractivity contribution in [3.63, 3.8) is 0 Å². The van der Waals surface area contributed by atoms with Crippen LogP contribution in [0.25, 0.3) is 0 Å². The van der Waals surface area contributed by atoms with E-state index in [0.29, 0.717) is 22.8 Å². The average molecular weight is 211 g/mol. The summed E-state index contributed by atoms with van der Waals surface area (Å²) >= 11 is 3.64. The van der Waals surface area contributed by atoms with E-state index < -0.39 is 0 Å². The van der Waals surface area contributed by atoms with E-state index in [1.165, 1.54) is 20.3 Å². The highest BCUT2D eigenvalue weighted by Gasteiger charge is 2.12. The first-order valence-corrected chi connectivity index (χ1v) is 4.10. The number of ether oxygens (including phenoxy) is 2. The van der Waals surface area contributed by atoms with Gasteiger partial charge < -0.3 is 13.7 Å². The van der Waals surface area contributed by atoms with Gasteiger partial charge in [-0.3, -0.25) is 0 Å². The van der Waals surface area contributed by atoms with E-state index in [1.807, 2.05) is 6.07 Å². The molecule has 74 valence electrons. The highest BCUT2D eigenvalue weighted by Crippen LogP contribution is 2.35. The minimum atomic E-state index is 0.343. The Morgan fingerprint density at radius 3 is 2.43 bits per heavy atom. The molecular formula is C9H9NO3S. The Hall–Kier alpha value is -1.54. The van der Waals surface area contributed by atoms with Crippen molar-refractivity contribution in [1.29, 1.82) is 5.26 Å². The van der Waals surface area contributed by atoms with E-state index in [9.17, 15) is 0 Å². The first-order chi connectivity index (χ1) is 6.76. The molecule has 0 aliphatic heterocycles. The molecule has 4 nitrogen and oxygen atoms in total. The van der Waals surface area contributed by atoms with Gasteiger partial charge in [0.05, 0.1) is 14.2 Å². The Morgan fingerprint density at radius 1 is 1.29 bits per heavy atom. The quantitative estimate of drug-likeness (QED) is 0.611. The maximum absolute atomic E-state index is 8.82.